The molecule has 2 amide bonds. The van der Waals surface area contributed by atoms with Crippen LogP contribution in [0.4, 0.5) is 23.3 Å². The number of aliphatic carboxylic acids is 2. The first kappa shape index (κ1) is 24.6. The molecular weight excluding hydrogens is 442 g/mol. The van der Waals surface area contributed by atoms with Gasteiger partial charge >= 0.3 is 11.9 Å². The Morgan fingerprint density at radius 2 is 1.97 bits per heavy atom. The Kier molecular flexibility index (Phi) is 7.87. The normalized spacial score (nSPS) is 11.3. The summed E-state index contributed by atoms with van der Waals surface area (Å²) in [6, 6.07) is 1.03. The monoisotopic (exact) mass is 463 g/mol. The van der Waals surface area contributed by atoms with Crippen LogP contribution in [-0.2, 0) is 25.6 Å². The van der Waals surface area contributed by atoms with Crippen LogP contribution in [0.15, 0.2) is 16.9 Å². The molecule has 0 radical (unpaired) electrons. The van der Waals surface area contributed by atoms with Crippen LogP contribution >= 0.6 is 0 Å². The number of methoxy groups -OCH3 is 1. The van der Waals surface area contributed by atoms with E-state index in [4.69, 9.17) is 21.3 Å². The molecule has 0 aliphatic carbocycles. The van der Waals surface area contributed by atoms with E-state index in [1.807, 2.05) is 0 Å². The number of aromatic amines is 1. The minimum atomic E-state index is -1.50. The molecule has 15 heteroatoms. The first-order valence-electron chi connectivity index (χ1n) is 9.24. The number of carboxylic acid groups (broad SMARTS) is 2. The highest BCUT2D eigenvalue weighted by Gasteiger charge is 2.28. The van der Waals surface area contributed by atoms with Crippen LogP contribution in [0.2, 0.25) is 0 Å². The highest BCUT2D eigenvalue weighted by molar-refractivity contribution is 5.94. The second-order valence-corrected chi connectivity index (χ2v) is 6.57. The zero-order chi connectivity index (χ0) is 24.7. The van der Waals surface area contributed by atoms with Crippen molar-refractivity contribution in [3.8, 4) is 5.88 Å². The van der Waals surface area contributed by atoms with Crippen molar-refractivity contribution in [3.05, 3.63) is 28.0 Å². The molecule has 0 aromatic carbocycles. The molecule has 0 saturated carbocycles. The molecule has 2 aromatic heterocycles. The summed E-state index contributed by atoms with van der Waals surface area (Å²) in [6.07, 6.45) is -1.10. The summed E-state index contributed by atoms with van der Waals surface area (Å²) < 4.78 is 5.10. The largest absolute Gasteiger partial charge is 0.481 e. The lowest BCUT2D eigenvalue weighted by Gasteiger charge is -2.24. The molecule has 176 valence electrons. The lowest BCUT2D eigenvalue weighted by molar-refractivity contribution is -0.140. The van der Waals surface area contributed by atoms with E-state index < -0.39 is 42.3 Å². The summed E-state index contributed by atoms with van der Waals surface area (Å²) in [6.45, 7) is 0. The Morgan fingerprint density at radius 3 is 2.52 bits per heavy atom. The topological polar surface area (TPSA) is 244 Å². The van der Waals surface area contributed by atoms with E-state index in [1.165, 1.54) is 19.2 Å². The van der Waals surface area contributed by atoms with Gasteiger partial charge in [0, 0.05) is 6.42 Å². The number of nitrogens with two attached hydrogens (primary N) is 2. The molecular formula is C18H21N7O8. The number of hydrogen-bond acceptors (Lipinski definition) is 10. The van der Waals surface area contributed by atoms with E-state index >= 15 is 0 Å². The molecule has 8 N–H and O–H groups in total. The second-order valence-electron chi connectivity index (χ2n) is 6.57. The fourth-order valence-corrected chi connectivity index (χ4v) is 2.81. The summed E-state index contributed by atoms with van der Waals surface area (Å²) in [5.74, 6) is -4.08. The van der Waals surface area contributed by atoms with Gasteiger partial charge in [-0.2, -0.15) is 9.97 Å². The van der Waals surface area contributed by atoms with E-state index in [2.05, 4.69) is 20.3 Å². The minimum absolute atomic E-state index is 0.0490. The lowest BCUT2D eigenvalue weighted by Crippen LogP contribution is -2.41. The van der Waals surface area contributed by atoms with Crippen LogP contribution in [0.1, 0.15) is 18.4 Å². The third kappa shape index (κ3) is 6.16. The van der Waals surface area contributed by atoms with Gasteiger partial charge in [-0.05, 0) is 18.6 Å². The van der Waals surface area contributed by atoms with Crippen molar-refractivity contribution in [2.75, 3.05) is 28.8 Å². The Balaban J connectivity index is 2.27. The third-order valence-electron chi connectivity index (χ3n) is 4.35. The number of nitrogens with zero attached hydrogens (tertiary/aromatic N) is 3. The van der Waals surface area contributed by atoms with Crippen LogP contribution < -0.4 is 32.0 Å². The SMILES string of the molecule is COc1nc(N(C=O)[C@@H](CCC(=O)O)C(=O)O)ccc1NC(=O)Cc1c(N)nc(N)[nH]c1=O. The first-order chi connectivity index (χ1) is 15.6. The van der Waals surface area contributed by atoms with Crippen LogP contribution in [-0.4, -0.2) is 62.6 Å². The van der Waals surface area contributed by atoms with Crippen molar-refractivity contribution < 1.29 is 34.1 Å². The maximum Gasteiger partial charge on any atom is 0.326 e. The van der Waals surface area contributed by atoms with Crippen molar-refractivity contribution >= 4 is 47.5 Å². The molecule has 15 nitrogen and oxygen atoms in total. The lowest BCUT2D eigenvalue weighted by atomic mass is 10.1. The van der Waals surface area contributed by atoms with Crippen molar-refractivity contribution in [2.45, 2.75) is 25.3 Å². The highest BCUT2D eigenvalue weighted by atomic mass is 16.5. The number of pyridine rings is 1. The minimum Gasteiger partial charge on any atom is -0.481 e. The van der Waals surface area contributed by atoms with Gasteiger partial charge in [-0.1, -0.05) is 0 Å². The number of anilines is 4. The number of ether oxygens (including phenoxy) is 1. The number of hydrogen-bond donors (Lipinski definition) is 6. The van der Waals surface area contributed by atoms with Gasteiger partial charge < -0.3 is 31.7 Å². The zero-order valence-corrected chi connectivity index (χ0v) is 17.3. The van der Waals surface area contributed by atoms with Crippen LogP contribution in [0.3, 0.4) is 0 Å². The van der Waals surface area contributed by atoms with Gasteiger partial charge in [-0.25, -0.2) is 4.79 Å². The fraction of sp³-hybridized carbons (Fsp3) is 0.278. The number of rotatable bonds is 11. The number of nitrogens with one attached hydrogen (secondary N) is 2. The van der Waals surface area contributed by atoms with Crippen molar-refractivity contribution in [1.82, 2.24) is 15.0 Å². The number of nitrogen functional groups attached to an aromatic ring is 2. The smallest absolute Gasteiger partial charge is 0.326 e. The highest BCUT2D eigenvalue weighted by Crippen LogP contribution is 2.27. The Morgan fingerprint density at radius 1 is 1.27 bits per heavy atom. The van der Waals surface area contributed by atoms with Gasteiger partial charge in [0.1, 0.15) is 23.4 Å². The van der Waals surface area contributed by atoms with Gasteiger partial charge in [-0.15, -0.1) is 0 Å². The Hall–Kier alpha value is -4.69. The van der Waals surface area contributed by atoms with Crippen molar-refractivity contribution in [1.29, 1.82) is 0 Å². The van der Waals surface area contributed by atoms with Crippen LogP contribution in [0, 0.1) is 0 Å². The van der Waals surface area contributed by atoms with Gasteiger partial charge in [0.2, 0.25) is 24.1 Å². The molecule has 2 rings (SSSR count). The number of amides is 2. The van der Waals surface area contributed by atoms with E-state index in [-0.39, 0.29) is 47.5 Å². The van der Waals surface area contributed by atoms with E-state index in [1.54, 1.807) is 0 Å². The standard InChI is InChI=1S/C18H21N7O8/c1-33-16-9(21-12(27)6-8-14(19)23-18(20)24-15(8)30)2-4-11(22-16)25(7-26)10(17(31)32)3-5-13(28)29/h2,4,7,10H,3,5-6H2,1H3,(H,21,27)(H,28,29)(H,31,32)(H5,19,20,23,24,30)/t10-/m0/s1. The van der Waals surface area contributed by atoms with Gasteiger partial charge in [0.25, 0.3) is 5.56 Å². The average molecular weight is 463 g/mol. The summed E-state index contributed by atoms with van der Waals surface area (Å²) in [5.41, 5.74) is 10.3. The zero-order valence-electron chi connectivity index (χ0n) is 17.3. The maximum absolute atomic E-state index is 12.4. The number of aromatic nitrogens is 3. The Labute approximate surface area is 185 Å². The fourth-order valence-electron chi connectivity index (χ4n) is 2.81. The molecule has 1 atom stereocenters. The van der Waals surface area contributed by atoms with E-state index in [9.17, 15) is 29.1 Å². The third-order valence-corrected chi connectivity index (χ3v) is 4.35. The predicted octanol–water partition coefficient (Wildman–Crippen LogP) is -1.20. The number of H-pyrrole nitrogens is 1. The second kappa shape index (κ2) is 10.6. The molecule has 0 bridgehead atoms. The van der Waals surface area contributed by atoms with Gasteiger partial charge in [0.15, 0.2) is 0 Å². The summed E-state index contributed by atoms with van der Waals surface area (Å²) in [5, 5.41) is 20.7. The predicted molar refractivity (Wildman–Crippen MR) is 114 cm³/mol. The molecule has 0 spiro atoms. The molecule has 0 fully saturated rings. The van der Waals surface area contributed by atoms with Crippen molar-refractivity contribution in [3.63, 3.8) is 0 Å². The van der Waals surface area contributed by atoms with Crippen LogP contribution in [0.25, 0.3) is 0 Å². The first-order valence-corrected chi connectivity index (χ1v) is 9.24. The molecule has 2 heterocycles. The molecule has 0 aliphatic rings. The number of carbonyl (C=O) groups is 4. The van der Waals surface area contributed by atoms with Gasteiger partial charge in [-0.3, -0.25) is 29.1 Å². The molecule has 33 heavy (non-hydrogen) atoms. The summed E-state index contributed by atoms with van der Waals surface area (Å²) >= 11 is 0. The quantitative estimate of drug-likeness (QED) is 0.215. The number of carboxylic acids is 2. The summed E-state index contributed by atoms with van der Waals surface area (Å²) in [4.78, 5) is 68.9. The molecule has 2 aromatic rings. The summed E-state index contributed by atoms with van der Waals surface area (Å²) in [7, 11) is 1.22. The Bertz CT molecular complexity index is 1130. The molecule has 0 saturated heterocycles. The molecule has 0 unspecified atom stereocenters. The van der Waals surface area contributed by atoms with Gasteiger partial charge in [0.05, 0.1) is 19.1 Å². The molecule has 0 aliphatic heterocycles. The van der Waals surface area contributed by atoms with E-state index in [0.29, 0.717) is 0 Å². The van der Waals surface area contributed by atoms with E-state index in [0.717, 1.165) is 4.90 Å². The number of carbonyl (C=O) groups excluding carboxylic acids is 2. The maximum atomic E-state index is 12.4. The van der Waals surface area contributed by atoms with Crippen LogP contribution in [0.5, 0.6) is 5.88 Å². The van der Waals surface area contributed by atoms with Crippen molar-refractivity contribution in [2.24, 2.45) is 0 Å². The average Bonchev–Trinajstić information content (AvgIpc) is 2.73.